The number of nitrogens with zero attached hydrogens (tertiary/aromatic N) is 4. The van der Waals surface area contributed by atoms with E-state index in [1.165, 1.54) is 6.20 Å². The predicted octanol–water partition coefficient (Wildman–Crippen LogP) is 1.39. The van der Waals surface area contributed by atoms with Crippen LogP contribution in [0.15, 0.2) is 10.7 Å². The van der Waals surface area contributed by atoms with Crippen molar-refractivity contribution in [3.8, 4) is 0 Å². The van der Waals surface area contributed by atoms with E-state index in [1.807, 2.05) is 18.7 Å². The molecule has 3 rings (SSSR count). The van der Waals surface area contributed by atoms with Gasteiger partial charge >= 0.3 is 0 Å². The highest BCUT2D eigenvalue weighted by Gasteiger charge is 2.34. The zero-order valence-electron chi connectivity index (χ0n) is 10.9. The third-order valence-corrected chi connectivity index (χ3v) is 3.57. The Morgan fingerprint density at radius 2 is 2.37 bits per heavy atom. The smallest absolute Gasteiger partial charge is 0.276 e. The Morgan fingerprint density at radius 1 is 1.53 bits per heavy atom. The second-order valence-corrected chi connectivity index (χ2v) is 4.75. The SMILES string of the molecule is Cc1noc(C)c1[C@H]1CCCN1C(=O)c1cn[nH]n1. The first-order chi connectivity index (χ1) is 9.18. The molecule has 100 valence electrons. The lowest BCUT2D eigenvalue weighted by atomic mass is 10.0. The maximum Gasteiger partial charge on any atom is 0.276 e. The number of aryl methyl sites for hydroxylation is 2. The van der Waals surface area contributed by atoms with Gasteiger partial charge in [0.15, 0.2) is 5.69 Å². The molecule has 0 aromatic carbocycles. The van der Waals surface area contributed by atoms with Crippen LogP contribution >= 0.6 is 0 Å². The lowest BCUT2D eigenvalue weighted by Crippen LogP contribution is -2.31. The molecule has 7 heteroatoms. The monoisotopic (exact) mass is 261 g/mol. The van der Waals surface area contributed by atoms with Gasteiger partial charge in [0.2, 0.25) is 0 Å². The standard InChI is InChI=1S/C12H15N5O2/c1-7-11(8(2)19-15-7)10-4-3-5-17(10)12(18)9-6-13-16-14-9/h6,10H,3-5H2,1-2H3,(H,13,14,16)/t10-/m1/s1. The minimum absolute atomic E-state index is 0.0236. The van der Waals surface area contributed by atoms with Gasteiger partial charge in [-0.05, 0) is 26.7 Å². The molecule has 1 saturated heterocycles. The van der Waals surface area contributed by atoms with Crippen molar-refractivity contribution in [2.45, 2.75) is 32.7 Å². The third kappa shape index (κ3) is 1.91. The summed E-state index contributed by atoms with van der Waals surface area (Å²) in [6.07, 6.45) is 3.34. The molecule has 0 radical (unpaired) electrons. The highest BCUT2D eigenvalue weighted by Crippen LogP contribution is 2.36. The van der Waals surface area contributed by atoms with Crippen LogP contribution in [-0.2, 0) is 0 Å². The molecule has 1 amide bonds. The van der Waals surface area contributed by atoms with E-state index >= 15 is 0 Å². The van der Waals surface area contributed by atoms with Crippen LogP contribution in [-0.4, -0.2) is 37.9 Å². The minimum Gasteiger partial charge on any atom is -0.361 e. The van der Waals surface area contributed by atoms with Gasteiger partial charge in [0.1, 0.15) is 5.76 Å². The van der Waals surface area contributed by atoms with Crippen LogP contribution in [0.5, 0.6) is 0 Å². The summed E-state index contributed by atoms with van der Waals surface area (Å²) in [6, 6.07) is 0.0236. The Bertz CT molecular complexity index is 570. The Morgan fingerprint density at radius 3 is 3.00 bits per heavy atom. The zero-order chi connectivity index (χ0) is 13.4. The summed E-state index contributed by atoms with van der Waals surface area (Å²) in [7, 11) is 0. The summed E-state index contributed by atoms with van der Waals surface area (Å²) in [5.74, 6) is 0.679. The van der Waals surface area contributed by atoms with Gasteiger partial charge in [-0.1, -0.05) is 5.16 Å². The number of aromatic nitrogens is 4. The van der Waals surface area contributed by atoms with E-state index in [9.17, 15) is 4.79 Å². The number of carbonyl (C=O) groups excluding carboxylic acids is 1. The number of likely N-dealkylation sites (tertiary alicyclic amines) is 1. The van der Waals surface area contributed by atoms with Gasteiger partial charge in [-0.2, -0.15) is 15.4 Å². The van der Waals surface area contributed by atoms with Crippen LogP contribution in [0.4, 0.5) is 0 Å². The van der Waals surface area contributed by atoms with Crippen molar-refractivity contribution in [2.24, 2.45) is 0 Å². The Kier molecular flexibility index (Phi) is 2.81. The van der Waals surface area contributed by atoms with Gasteiger partial charge in [0, 0.05) is 12.1 Å². The predicted molar refractivity (Wildman–Crippen MR) is 65.4 cm³/mol. The van der Waals surface area contributed by atoms with Crippen LogP contribution < -0.4 is 0 Å². The van der Waals surface area contributed by atoms with E-state index in [0.717, 1.165) is 36.4 Å². The van der Waals surface area contributed by atoms with Crippen molar-refractivity contribution in [3.05, 3.63) is 28.9 Å². The molecule has 0 bridgehead atoms. The van der Waals surface area contributed by atoms with E-state index in [-0.39, 0.29) is 11.9 Å². The first-order valence-corrected chi connectivity index (χ1v) is 6.28. The fourth-order valence-corrected chi connectivity index (χ4v) is 2.73. The van der Waals surface area contributed by atoms with Crippen LogP contribution in [0.3, 0.4) is 0 Å². The van der Waals surface area contributed by atoms with Crippen molar-refractivity contribution in [2.75, 3.05) is 6.54 Å². The molecule has 0 aliphatic carbocycles. The molecular weight excluding hydrogens is 246 g/mol. The number of aromatic amines is 1. The molecule has 0 spiro atoms. The van der Waals surface area contributed by atoms with Gasteiger partial charge in [0.05, 0.1) is 17.9 Å². The van der Waals surface area contributed by atoms with Crippen LogP contribution in [0.2, 0.25) is 0 Å². The van der Waals surface area contributed by atoms with Crippen molar-refractivity contribution in [3.63, 3.8) is 0 Å². The molecule has 19 heavy (non-hydrogen) atoms. The van der Waals surface area contributed by atoms with E-state index < -0.39 is 0 Å². The Balaban J connectivity index is 1.92. The highest BCUT2D eigenvalue weighted by molar-refractivity contribution is 5.92. The molecule has 1 N–H and O–H groups in total. The van der Waals surface area contributed by atoms with Crippen molar-refractivity contribution in [1.29, 1.82) is 0 Å². The normalized spacial score (nSPS) is 19.1. The van der Waals surface area contributed by atoms with E-state index in [4.69, 9.17) is 4.52 Å². The van der Waals surface area contributed by atoms with Gasteiger partial charge in [-0.3, -0.25) is 4.79 Å². The van der Waals surface area contributed by atoms with Gasteiger partial charge < -0.3 is 9.42 Å². The third-order valence-electron chi connectivity index (χ3n) is 3.57. The molecular formula is C12H15N5O2. The van der Waals surface area contributed by atoms with Crippen LogP contribution in [0, 0.1) is 13.8 Å². The highest BCUT2D eigenvalue weighted by atomic mass is 16.5. The average Bonchev–Trinajstić information content (AvgIpc) is 3.10. The molecule has 0 saturated carbocycles. The summed E-state index contributed by atoms with van der Waals surface area (Å²) in [4.78, 5) is 14.2. The average molecular weight is 261 g/mol. The van der Waals surface area contributed by atoms with E-state index in [1.54, 1.807) is 0 Å². The zero-order valence-corrected chi connectivity index (χ0v) is 10.9. The molecule has 3 heterocycles. The van der Waals surface area contributed by atoms with E-state index in [0.29, 0.717) is 5.69 Å². The summed E-state index contributed by atoms with van der Waals surface area (Å²) in [6.45, 7) is 4.51. The quantitative estimate of drug-likeness (QED) is 0.882. The second kappa shape index (κ2) is 4.49. The number of H-pyrrole nitrogens is 1. The fraction of sp³-hybridized carbons (Fsp3) is 0.500. The van der Waals surface area contributed by atoms with Crippen LogP contribution in [0.1, 0.15) is 46.4 Å². The Hall–Kier alpha value is -2.18. The molecule has 1 aliphatic heterocycles. The maximum absolute atomic E-state index is 12.4. The molecule has 2 aromatic rings. The lowest BCUT2D eigenvalue weighted by molar-refractivity contribution is 0.0728. The topological polar surface area (TPSA) is 87.9 Å². The van der Waals surface area contributed by atoms with Crippen molar-refractivity contribution < 1.29 is 9.32 Å². The Labute approximate surface area is 110 Å². The number of rotatable bonds is 2. The van der Waals surface area contributed by atoms with Gasteiger partial charge in [-0.15, -0.1) is 0 Å². The number of hydrogen-bond acceptors (Lipinski definition) is 5. The molecule has 7 nitrogen and oxygen atoms in total. The maximum atomic E-state index is 12.4. The largest absolute Gasteiger partial charge is 0.361 e. The summed E-state index contributed by atoms with van der Waals surface area (Å²) >= 11 is 0. The molecule has 2 aromatic heterocycles. The van der Waals surface area contributed by atoms with E-state index in [2.05, 4.69) is 20.6 Å². The number of hydrogen-bond donors (Lipinski definition) is 1. The molecule has 1 aliphatic rings. The molecule has 0 unspecified atom stereocenters. The lowest BCUT2D eigenvalue weighted by Gasteiger charge is -2.23. The first-order valence-electron chi connectivity index (χ1n) is 6.28. The minimum atomic E-state index is -0.101. The van der Waals surface area contributed by atoms with Crippen LogP contribution in [0.25, 0.3) is 0 Å². The summed E-state index contributed by atoms with van der Waals surface area (Å²) in [5, 5.41) is 14.0. The van der Waals surface area contributed by atoms with Crippen molar-refractivity contribution in [1.82, 2.24) is 25.5 Å². The summed E-state index contributed by atoms with van der Waals surface area (Å²) < 4.78 is 5.20. The number of amides is 1. The second-order valence-electron chi connectivity index (χ2n) is 4.75. The van der Waals surface area contributed by atoms with Crippen molar-refractivity contribution >= 4 is 5.91 Å². The molecule has 1 atom stereocenters. The van der Waals surface area contributed by atoms with Gasteiger partial charge in [-0.25, -0.2) is 0 Å². The number of nitrogens with one attached hydrogen (secondary N) is 1. The fourth-order valence-electron chi connectivity index (χ4n) is 2.73. The first kappa shape index (κ1) is 11.9. The summed E-state index contributed by atoms with van der Waals surface area (Å²) in [5.41, 5.74) is 2.22. The number of carbonyl (C=O) groups is 1. The molecule has 1 fully saturated rings. The van der Waals surface area contributed by atoms with Gasteiger partial charge in [0.25, 0.3) is 5.91 Å².